The summed E-state index contributed by atoms with van der Waals surface area (Å²) in [5.74, 6) is -1.30. The molecule has 0 spiro atoms. The maximum atomic E-state index is 12.4. The summed E-state index contributed by atoms with van der Waals surface area (Å²) in [5.41, 5.74) is 6.78. The number of pyridine rings is 1. The quantitative estimate of drug-likeness (QED) is 0.880. The Labute approximate surface area is 138 Å². The molecular formula is C17H16N4O3. The van der Waals surface area contributed by atoms with Gasteiger partial charge >= 0.3 is 0 Å². The first-order chi connectivity index (χ1) is 11.5. The Bertz CT molecular complexity index is 774. The van der Waals surface area contributed by atoms with Crippen molar-refractivity contribution in [3.8, 4) is 0 Å². The molecule has 24 heavy (non-hydrogen) atoms. The van der Waals surface area contributed by atoms with Crippen molar-refractivity contribution in [1.29, 1.82) is 0 Å². The van der Waals surface area contributed by atoms with Gasteiger partial charge in [-0.25, -0.2) is 0 Å². The van der Waals surface area contributed by atoms with Crippen molar-refractivity contribution >= 4 is 29.1 Å². The van der Waals surface area contributed by atoms with Gasteiger partial charge in [-0.05, 0) is 36.4 Å². The summed E-state index contributed by atoms with van der Waals surface area (Å²) >= 11 is 0. The molecule has 0 aliphatic carbocycles. The van der Waals surface area contributed by atoms with Gasteiger partial charge in [-0.2, -0.15) is 0 Å². The Kier molecular flexibility index (Phi) is 4.24. The molecule has 2 aromatic rings. The van der Waals surface area contributed by atoms with Crippen LogP contribution in [0.3, 0.4) is 0 Å². The number of nitrogens with zero attached hydrogens (tertiary/aromatic N) is 2. The number of aromatic nitrogens is 1. The monoisotopic (exact) mass is 324 g/mol. The van der Waals surface area contributed by atoms with Gasteiger partial charge in [0.2, 0.25) is 17.7 Å². The molecule has 1 aromatic carbocycles. The molecule has 1 fully saturated rings. The van der Waals surface area contributed by atoms with Crippen LogP contribution in [0, 0.1) is 5.92 Å². The average molecular weight is 324 g/mol. The fourth-order valence-electron chi connectivity index (χ4n) is 2.61. The summed E-state index contributed by atoms with van der Waals surface area (Å²) in [4.78, 5) is 41.1. The van der Waals surface area contributed by atoms with Crippen LogP contribution >= 0.6 is 0 Å². The highest BCUT2D eigenvalue weighted by atomic mass is 16.2. The average Bonchev–Trinajstić information content (AvgIpc) is 2.98. The van der Waals surface area contributed by atoms with Crippen LogP contribution in [0.1, 0.15) is 16.8 Å². The molecule has 7 heteroatoms. The van der Waals surface area contributed by atoms with Crippen LogP contribution in [-0.4, -0.2) is 29.3 Å². The van der Waals surface area contributed by atoms with Crippen LogP contribution in [0.15, 0.2) is 48.8 Å². The number of nitrogens with one attached hydrogen (secondary N) is 1. The molecule has 1 unspecified atom stereocenters. The van der Waals surface area contributed by atoms with Crippen LogP contribution in [-0.2, 0) is 9.59 Å². The zero-order valence-corrected chi connectivity index (χ0v) is 12.8. The second kappa shape index (κ2) is 6.49. The number of amides is 3. The lowest BCUT2D eigenvalue weighted by Crippen LogP contribution is -2.28. The first-order valence-electron chi connectivity index (χ1n) is 7.45. The van der Waals surface area contributed by atoms with Crippen molar-refractivity contribution < 1.29 is 14.4 Å². The van der Waals surface area contributed by atoms with Gasteiger partial charge < -0.3 is 16.0 Å². The Morgan fingerprint density at radius 1 is 1.21 bits per heavy atom. The fraction of sp³-hybridized carbons (Fsp3) is 0.176. The molecule has 0 bridgehead atoms. The first kappa shape index (κ1) is 15.7. The molecule has 7 nitrogen and oxygen atoms in total. The van der Waals surface area contributed by atoms with Gasteiger partial charge in [0.05, 0.1) is 17.8 Å². The SMILES string of the molecule is NC(=O)c1ccc(NC(=O)C2CC(=O)N(c3cccnc3)C2)cc1. The minimum atomic E-state index is -0.527. The number of primary amides is 1. The molecule has 3 rings (SSSR count). The third-order valence-electron chi connectivity index (χ3n) is 3.89. The molecule has 122 valence electrons. The van der Waals surface area contributed by atoms with E-state index in [1.807, 2.05) is 0 Å². The van der Waals surface area contributed by atoms with E-state index in [2.05, 4.69) is 10.3 Å². The van der Waals surface area contributed by atoms with E-state index in [4.69, 9.17) is 5.73 Å². The van der Waals surface area contributed by atoms with Crippen molar-refractivity contribution in [3.05, 3.63) is 54.4 Å². The van der Waals surface area contributed by atoms with E-state index in [-0.39, 0.29) is 18.2 Å². The number of rotatable bonds is 4. The van der Waals surface area contributed by atoms with E-state index in [0.717, 1.165) is 0 Å². The molecule has 0 saturated carbocycles. The lowest BCUT2D eigenvalue weighted by atomic mass is 10.1. The topological polar surface area (TPSA) is 105 Å². The Balaban J connectivity index is 1.66. The van der Waals surface area contributed by atoms with Crippen LogP contribution in [0.4, 0.5) is 11.4 Å². The first-order valence-corrected chi connectivity index (χ1v) is 7.45. The second-order valence-corrected chi connectivity index (χ2v) is 5.55. The molecule has 1 atom stereocenters. The van der Waals surface area contributed by atoms with Crippen molar-refractivity contribution in [2.75, 3.05) is 16.8 Å². The molecule has 1 aliphatic heterocycles. The van der Waals surface area contributed by atoms with Gasteiger partial charge in [0.15, 0.2) is 0 Å². The molecule has 2 heterocycles. The van der Waals surface area contributed by atoms with Gasteiger partial charge in [0.25, 0.3) is 0 Å². The summed E-state index contributed by atoms with van der Waals surface area (Å²) in [6, 6.07) is 9.82. The van der Waals surface area contributed by atoms with Gasteiger partial charge in [0.1, 0.15) is 0 Å². The normalized spacial score (nSPS) is 16.9. The molecule has 3 amide bonds. The minimum absolute atomic E-state index is 0.104. The van der Waals surface area contributed by atoms with Gasteiger partial charge in [-0.15, -0.1) is 0 Å². The van der Waals surface area contributed by atoms with E-state index >= 15 is 0 Å². The lowest BCUT2D eigenvalue weighted by molar-refractivity contribution is -0.122. The van der Waals surface area contributed by atoms with Crippen LogP contribution in [0.25, 0.3) is 0 Å². The number of anilines is 2. The van der Waals surface area contributed by atoms with Gasteiger partial charge in [0, 0.05) is 30.4 Å². The minimum Gasteiger partial charge on any atom is -0.366 e. The zero-order valence-electron chi connectivity index (χ0n) is 12.8. The maximum Gasteiger partial charge on any atom is 0.248 e. The molecule has 0 radical (unpaired) electrons. The third kappa shape index (κ3) is 3.24. The Morgan fingerprint density at radius 2 is 1.96 bits per heavy atom. The second-order valence-electron chi connectivity index (χ2n) is 5.55. The van der Waals surface area contributed by atoms with E-state index in [9.17, 15) is 14.4 Å². The van der Waals surface area contributed by atoms with E-state index in [1.54, 1.807) is 53.7 Å². The number of nitrogens with two attached hydrogens (primary N) is 1. The fourth-order valence-corrected chi connectivity index (χ4v) is 2.61. The van der Waals surface area contributed by atoms with Crippen LogP contribution in [0.2, 0.25) is 0 Å². The Hall–Kier alpha value is -3.22. The number of hydrogen-bond donors (Lipinski definition) is 2. The highest BCUT2D eigenvalue weighted by molar-refractivity contribution is 6.03. The van der Waals surface area contributed by atoms with Crippen molar-refractivity contribution in [2.45, 2.75) is 6.42 Å². The predicted octanol–water partition coefficient (Wildman–Crippen LogP) is 1.17. The molecule has 1 aliphatic rings. The summed E-state index contributed by atoms with van der Waals surface area (Å²) < 4.78 is 0. The molecular weight excluding hydrogens is 308 g/mol. The summed E-state index contributed by atoms with van der Waals surface area (Å²) in [6.07, 6.45) is 3.38. The summed E-state index contributed by atoms with van der Waals surface area (Å²) in [5, 5.41) is 2.76. The summed E-state index contributed by atoms with van der Waals surface area (Å²) in [7, 11) is 0. The van der Waals surface area contributed by atoms with Gasteiger partial charge in [-0.3, -0.25) is 19.4 Å². The van der Waals surface area contributed by atoms with E-state index < -0.39 is 11.8 Å². The lowest BCUT2D eigenvalue weighted by Gasteiger charge is -2.16. The van der Waals surface area contributed by atoms with Crippen molar-refractivity contribution in [3.63, 3.8) is 0 Å². The standard InChI is InChI=1S/C17H16N4O3/c18-16(23)11-3-5-13(6-4-11)20-17(24)12-8-15(22)21(10-12)14-2-1-7-19-9-14/h1-7,9,12H,8,10H2,(H2,18,23)(H,20,24). The van der Waals surface area contributed by atoms with Crippen LogP contribution < -0.4 is 16.0 Å². The third-order valence-corrected chi connectivity index (χ3v) is 3.89. The van der Waals surface area contributed by atoms with Crippen LogP contribution in [0.5, 0.6) is 0 Å². The highest BCUT2D eigenvalue weighted by Crippen LogP contribution is 2.25. The largest absolute Gasteiger partial charge is 0.366 e. The summed E-state index contributed by atoms with van der Waals surface area (Å²) in [6.45, 7) is 0.315. The van der Waals surface area contributed by atoms with Crippen molar-refractivity contribution in [2.24, 2.45) is 11.7 Å². The number of carbonyl (C=O) groups excluding carboxylic acids is 3. The number of carbonyl (C=O) groups is 3. The number of hydrogen-bond acceptors (Lipinski definition) is 4. The van der Waals surface area contributed by atoms with Crippen molar-refractivity contribution in [1.82, 2.24) is 4.98 Å². The zero-order chi connectivity index (χ0) is 17.1. The number of benzene rings is 1. The molecule has 3 N–H and O–H groups in total. The smallest absolute Gasteiger partial charge is 0.248 e. The Morgan fingerprint density at radius 3 is 2.58 bits per heavy atom. The van der Waals surface area contributed by atoms with Gasteiger partial charge in [-0.1, -0.05) is 0 Å². The van der Waals surface area contributed by atoms with E-state index in [0.29, 0.717) is 23.5 Å². The highest BCUT2D eigenvalue weighted by Gasteiger charge is 2.35. The maximum absolute atomic E-state index is 12.4. The molecule has 1 saturated heterocycles. The predicted molar refractivity (Wildman–Crippen MR) is 88.3 cm³/mol. The molecule has 1 aromatic heterocycles. The van der Waals surface area contributed by atoms with E-state index in [1.165, 1.54) is 0 Å².